The summed E-state index contributed by atoms with van der Waals surface area (Å²) in [6, 6.07) is 0. The molecular formula is C6H9Cl. The molecule has 0 bridgehead atoms. The van der Waals surface area contributed by atoms with Gasteiger partial charge in [-0.15, -0.1) is 18.0 Å². The number of hydrogen-bond donors (Lipinski definition) is 0. The number of hydrogen-bond acceptors (Lipinski definition) is 0. The van der Waals surface area contributed by atoms with E-state index in [1.165, 1.54) is 0 Å². The van der Waals surface area contributed by atoms with E-state index in [0.717, 1.165) is 0 Å². The molecule has 40 valence electrons. The van der Waals surface area contributed by atoms with Gasteiger partial charge in [0.2, 0.25) is 0 Å². The van der Waals surface area contributed by atoms with Crippen molar-refractivity contribution in [1.29, 1.82) is 0 Å². The molecule has 0 radical (unpaired) electrons. The van der Waals surface area contributed by atoms with Gasteiger partial charge in [0.1, 0.15) is 0 Å². The molecule has 0 aliphatic heterocycles. The highest BCUT2D eigenvalue weighted by Gasteiger charge is 2.09. The van der Waals surface area contributed by atoms with Crippen LogP contribution in [0, 0.1) is 17.8 Å². The van der Waals surface area contributed by atoms with Gasteiger partial charge in [0.25, 0.3) is 0 Å². The third-order valence-corrected chi connectivity index (χ3v) is 1.39. The molecule has 1 heteroatoms. The van der Waals surface area contributed by atoms with E-state index >= 15 is 0 Å². The van der Waals surface area contributed by atoms with E-state index in [1.54, 1.807) is 0 Å². The van der Waals surface area contributed by atoms with Gasteiger partial charge in [-0.2, -0.15) is 0 Å². The molecule has 7 heavy (non-hydrogen) atoms. The minimum atomic E-state index is -0.123. The van der Waals surface area contributed by atoms with E-state index in [9.17, 15) is 0 Å². The molecule has 0 atom stereocenters. The van der Waals surface area contributed by atoms with E-state index in [0.29, 0.717) is 5.88 Å². The van der Waals surface area contributed by atoms with E-state index < -0.39 is 0 Å². The molecule has 0 aromatic rings. The minimum absolute atomic E-state index is 0.123. The predicted octanol–water partition coefficient (Wildman–Crippen LogP) is 1.88. The summed E-state index contributed by atoms with van der Waals surface area (Å²) in [7, 11) is 0. The summed E-state index contributed by atoms with van der Waals surface area (Å²) in [5.41, 5.74) is -0.123. The van der Waals surface area contributed by atoms with E-state index in [4.69, 9.17) is 18.0 Å². The maximum atomic E-state index is 5.45. The molecule has 0 aromatic heterocycles. The standard InChI is InChI=1S/C6H9Cl/c1-4-6(2,3)5-7/h1H,5H2,2-3H3. The quantitative estimate of drug-likeness (QED) is 0.363. The van der Waals surface area contributed by atoms with Crippen molar-refractivity contribution in [2.75, 3.05) is 5.88 Å². The first kappa shape index (κ1) is 6.85. The fourth-order valence-electron chi connectivity index (χ4n) is 0.0386. The van der Waals surface area contributed by atoms with Gasteiger partial charge < -0.3 is 0 Å². The Kier molecular flexibility index (Phi) is 2.19. The lowest BCUT2D eigenvalue weighted by Crippen LogP contribution is -2.08. The molecule has 0 unspecified atom stereocenters. The lowest BCUT2D eigenvalue weighted by molar-refractivity contribution is 0.580. The topological polar surface area (TPSA) is 0 Å². The van der Waals surface area contributed by atoms with Gasteiger partial charge in [-0.05, 0) is 13.8 Å². The van der Waals surface area contributed by atoms with Crippen molar-refractivity contribution in [2.45, 2.75) is 13.8 Å². The Hall–Kier alpha value is -0.150. The average Bonchev–Trinajstić information content (AvgIpc) is 1.68. The summed E-state index contributed by atoms with van der Waals surface area (Å²) in [5, 5.41) is 0. The third kappa shape index (κ3) is 2.53. The Morgan fingerprint density at radius 3 is 2.14 bits per heavy atom. The molecule has 0 nitrogen and oxygen atoms in total. The van der Waals surface area contributed by atoms with Crippen LogP contribution in [0.25, 0.3) is 0 Å². The van der Waals surface area contributed by atoms with Crippen LogP contribution in [0.4, 0.5) is 0 Å². The predicted molar refractivity (Wildman–Crippen MR) is 33.3 cm³/mol. The Balaban J connectivity index is 3.66. The van der Waals surface area contributed by atoms with Crippen LogP contribution in [0.3, 0.4) is 0 Å². The second-order valence-electron chi connectivity index (χ2n) is 2.16. The van der Waals surface area contributed by atoms with Crippen molar-refractivity contribution in [3.8, 4) is 12.3 Å². The van der Waals surface area contributed by atoms with Crippen molar-refractivity contribution >= 4 is 11.6 Å². The molecular weight excluding hydrogens is 108 g/mol. The van der Waals surface area contributed by atoms with Gasteiger partial charge in [-0.25, -0.2) is 0 Å². The molecule has 0 aliphatic carbocycles. The largest absolute Gasteiger partial charge is 0.125 e. The molecule has 0 saturated heterocycles. The second kappa shape index (κ2) is 2.23. The molecule has 0 amide bonds. The van der Waals surface area contributed by atoms with Crippen LogP contribution in [0.1, 0.15) is 13.8 Å². The van der Waals surface area contributed by atoms with Crippen molar-refractivity contribution in [1.82, 2.24) is 0 Å². The van der Waals surface area contributed by atoms with Crippen LogP contribution in [-0.4, -0.2) is 5.88 Å². The Labute approximate surface area is 49.9 Å². The maximum absolute atomic E-state index is 5.45. The summed E-state index contributed by atoms with van der Waals surface area (Å²) < 4.78 is 0. The highest BCUT2D eigenvalue weighted by molar-refractivity contribution is 6.18. The molecule has 0 spiro atoms. The van der Waals surface area contributed by atoms with Crippen LogP contribution in [0.15, 0.2) is 0 Å². The van der Waals surface area contributed by atoms with Crippen LogP contribution < -0.4 is 0 Å². The Morgan fingerprint density at radius 1 is 1.71 bits per heavy atom. The van der Waals surface area contributed by atoms with Crippen molar-refractivity contribution in [2.24, 2.45) is 5.41 Å². The summed E-state index contributed by atoms with van der Waals surface area (Å²) in [5.74, 6) is 3.09. The van der Waals surface area contributed by atoms with Gasteiger partial charge in [0, 0.05) is 11.3 Å². The van der Waals surface area contributed by atoms with Crippen molar-refractivity contribution in [3.05, 3.63) is 0 Å². The van der Waals surface area contributed by atoms with Gasteiger partial charge in [0.15, 0.2) is 0 Å². The minimum Gasteiger partial charge on any atom is -0.125 e. The third-order valence-electron chi connectivity index (χ3n) is 0.725. The first-order valence-electron chi connectivity index (χ1n) is 2.16. The average molecular weight is 117 g/mol. The molecule has 0 aliphatic rings. The highest BCUT2D eigenvalue weighted by atomic mass is 35.5. The van der Waals surface area contributed by atoms with Crippen LogP contribution >= 0.6 is 11.6 Å². The Bertz CT molecular complexity index is 86.8. The molecule has 0 N–H and O–H groups in total. The highest BCUT2D eigenvalue weighted by Crippen LogP contribution is 2.13. The molecule has 0 heterocycles. The SMILES string of the molecule is C#CC(C)(C)CCl. The first-order chi connectivity index (χ1) is 3.12. The molecule has 0 fully saturated rings. The zero-order valence-electron chi connectivity index (χ0n) is 4.66. The lowest BCUT2D eigenvalue weighted by atomic mass is 9.99. The van der Waals surface area contributed by atoms with Crippen LogP contribution in [0.5, 0.6) is 0 Å². The molecule has 0 aromatic carbocycles. The zero-order valence-corrected chi connectivity index (χ0v) is 5.42. The van der Waals surface area contributed by atoms with Crippen molar-refractivity contribution < 1.29 is 0 Å². The van der Waals surface area contributed by atoms with Gasteiger partial charge in [0.05, 0.1) is 0 Å². The van der Waals surface area contributed by atoms with Gasteiger partial charge in [-0.3, -0.25) is 0 Å². The van der Waals surface area contributed by atoms with Gasteiger partial charge >= 0.3 is 0 Å². The van der Waals surface area contributed by atoms with Gasteiger partial charge in [-0.1, -0.05) is 5.92 Å². The fraction of sp³-hybridized carbons (Fsp3) is 0.667. The maximum Gasteiger partial charge on any atom is 0.0390 e. The number of terminal acetylenes is 1. The fourth-order valence-corrected chi connectivity index (χ4v) is 0.116. The molecule has 0 saturated carbocycles. The monoisotopic (exact) mass is 116 g/mol. The number of rotatable bonds is 1. The number of halogens is 1. The van der Waals surface area contributed by atoms with E-state index in [2.05, 4.69) is 5.92 Å². The van der Waals surface area contributed by atoms with Crippen LogP contribution in [0.2, 0.25) is 0 Å². The smallest absolute Gasteiger partial charge is 0.0390 e. The number of alkyl halides is 1. The summed E-state index contributed by atoms with van der Waals surface area (Å²) in [6.45, 7) is 3.86. The van der Waals surface area contributed by atoms with Crippen molar-refractivity contribution in [3.63, 3.8) is 0 Å². The Morgan fingerprint density at radius 2 is 2.14 bits per heavy atom. The van der Waals surface area contributed by atoms with E-state index in [1.807, 2.05) is 13.8 Å². The first-order valence-corrected chi connectivity index (χ1v) is 2.69. The lowest BCUT2D eigenvalue weighted by Gasteiger charge is -2.10. The second-order valence-corrected chi connectivity index (χ2v) is 2.43. The van der Waals surface area contributed by atoms with E-state index in [-0.39, 0.29) is 5.41 Å². The van der Waals surface area contributed by atoms with Crippen LogP contribution in [-0.2, 0) is 0 Å². The summed E-state index contributed by atoms with van der Waals surface area (Å²) in [6.07, 6.45) is 5.08. The summed E-state index contributed by atoms with van der Waals surface area (Å²) >= 11 is 5.45. The molecule has 0 rings (SSSR count). The zero-order chi connectivity index (χ0) is 5.91. The summed E-state index contributed by atoms with van der Waals surface area (Å²) in [4.78, 5) is 0. The normalized spacial score (nSPS) is 10.6.